The van der Waals surface area contributed by atoms with Crippen molar-refractivity contribution >= 4 is 5.91 Å². The van der Waals surface area contributed by atoms with E-state index in [-0.39, 0.29) is 11.9 Å². The molecule has 0 aliphatic rings. The molecule has 3 N–H and O–H groups in total. The highest BCUT2D eigenvalue weighted by Gasteiger charge is 2.11. The van der Waals surface area contributed by atoms with Crippen molar-refractivity contribution in [3.05, 3.63) is 35.4 Å². The summed E-state index contributed by atoms with van der Waals surface area (Å²) in [5.74, 6) is -0.122. The molecular weight excluding hydrogens is 188 g/mol. The van der Waals surface area contributed by atoms with Gasteiger partial charge in [-0.3, -0.25) is 4.79 Å². The van der Waals surface area contributed by atoms with Gasteiger partial charge < -0.3 is 11.1 Å². The van der Waals surface area contributed by atoms with Gasteiger partial charge in [-0.25, -0.2) is 0 Å². The van der Waals surface area contributed by atoms with E-state index in [1.54, 1.807) is 6.92 Å². The lowest BCUT2D eigenvalue weighted by atomic mass is 10.1. The first-order valence-electron chi connectivity index (χ1n) is 5.13. The lowest BCUT2D eigenvalue weighted by Gasteiger charge is -2.16. The van der Waals surface area contributed by atoms with Crippen LogP contribution in [0.5, 0.6) is 0 Å². The van der Waals surface area contributed by atoms with Gasteiger partial charge >= 0.3 is 0 Å². The summed E-state index contributed by atoms with van der Waals surface area (Å²) in [6.07, 6.45) is 0. The topological polar surface area (TPSA) is 55.1 Å². The maximum atomic E-state index is 11.4. The van der Waals surface area contributed by atoms with Crippen LogP contribution in [0.2, 0.25) is 0 Å². The van der Waals surface area contributed by atoms with E-state index in [4.69, 9.17) is 5.73 Å². The molecule has 0 heterocycles. The van der Waals surface area contributed by atoms with Crippen molar-refractivity contribution in [1.82, 2.24) is 5.32 Å². The molecule has 0 aliphatic heterocycles. The SMILES string of the molecule is Cc1ccc([C@@H](C)NC(=O)[C@H](C)N)cc1. The highest BCUT2D eigenvalue weighted by molar-refractivity contribution is 5.81. The number of benzene rings is 1. The molecule has 1 rings (SSSR count). The molecule has 0 radical (unpaired) electrons. The Balaban J connectivity index is 2.65. The van der Waals surface area contributed by atoms with Crippen LogP contribution in [0.1, 0.15) is 31.0 Å². The third-order valence-electron chi connectivity index (χ3n) is 2.35. The third kappa shape index (κ3) is 3.36. The van der Waals surface area contributed by atoms with E-state index in [1.165, 1.54) is 5.56 Å². The Kier molecular flexibility index (Phi) is 3.86. The number of carbonyl (C=O) groups excluding carboxylic acids is 1. The van der Waals surface area contributed by atoms with Crippen LogP contribution in [-0.4, -0.2) is 11.9 Å². The molecular formula is C12H18N2O. The van der Waals surface area contributed by atoms with Gasteiger partial charge in [0.2, 0.25) is 5.91 Å². The number of rotatable bonds is 3. The summed E-state index contributed by atoms with van der Waals surface area (Å²) in [4.78, 5) is 11.4. The number of amides is 1. The zero-order valence-corrected chi connectivity index (χ0v) is 9.45. The van der Waals surface area contributed by atoms with Crippen molar-refractivity contribution in [3.63, 3.8) is 0 Å². The molecule has 2 atom stereocenters. The van der Waals surface area contributed by atoms with Gasteiger partial charge in [-0.15, -0.1) is 0 Å². The predicted molar refractivity (Wildman–Crippen MR) is 61.4 cm³/mol. The molecule has 0 saturated carbocycles. The molecule has 0 bridgehead atoms. The Morgan fingerprint density at radius 1 is 1.27 bits per heavy atom. The standard InChI is InChI=1S/C12H18N2O/c1-8-4-6-11(7-5-8)10(3)14-12(15)9(2)13/h4-7,9-10H,13H2,1-3H3,(H,14,15)/t9-,10+/m0/s1. The van der Waals surface area contributed by atoms with E-state index in [1.807, 2.05) is 38.1 Å². The number of hydrogen-bond acceptors (Lipinski definition) is 2. The Bertz CT molecular complexity index is 330. The summed E-state index contributed by atoms with van der Waals surface area (Å²) < 4.78 is 0. The summed E-state index contributed by atoms with van der Waals surface area (Å²) in [5.41, 5.74) is 7.78. The molecule has 1 aromatic rings. The average Bonchev–Trinajstić information content (AvgIpc) is 2.18. The van der Waals surface area contributed by atoms with E-state index in [0.717, 1.165) is 5.56 Å². The van der Waals surface area contributed by atoms with Gasteiger partial charge in [-0.2, -0.15) is 0 Å². The van der Waals surface area contributed by atoms with Gasteiger partial charge in [0.1, 0.15) is 0 Å². The maximum absolute atomic E-state index is 11.4. The molecule has 0 spiro atoms. The molecule has 3 nitrogen and oxygen atoms in total. The van der Waals surface area contributed by atoms with Gasteiger partial charge in [0.15, 0.2) is 0 Å². The molecule has 3 heteroatoms. The normalized spacial score (nSPS) is 14.4. The summed E-state index contributed by atoms with van der Waals surface area (Å²) >= 11 is 0. The van der Waals surface area contributed by atoms with Crippen LogP contribution < -0.4 is 11.1 Å². The molecule has 1 amide bonds. The summed E-state index contributed by atoms with van der Waals surface area (Å²) in [6, 6.07) is 7.64. The van der Waals surface area contributed by atoms with Gasteiger partial charge in [0.05, 0.1) is 12.1 Å². The molecule has 15 heavy (non-hydrogen) atoms. The lowest BCUT2D eigenvalue weighted by Crippen LogP contribution is -2.39. The van der Waals surface area contributed by atoms with E-state index < -0.39 is 6.04 Å². The second kappa shape index (κ2) is 4.94. The minimum Gasteiger partial charge on any atom is -0.348 e. The number of carbonyl (C=O) groups is 1. The summed E-state index contributed by atoms with van der Waals surface area (Å²) in [7, 11) is 0. The van der Waals surface area contributed by atoms with Crippen molar-refractivity contribution in [1.29, 1.82) is 0 Å². The third-order valence-corrected chi connectivity index (χ3v) is 2.35. The number of aryl methyl sites for hydroxylation is 1. The van der Waals surface area contributed by atoms with Crippen molar-refractivity contribution in [3.8, 4) is 0 Å². The fourth-order valence-corrected chi connectivity index (χ4v) is 1.28. The summed E-state index contributed by atoms with van der Waals surface area (Å²) in [5, 5.41) is 2.85. The van der Waals surface area contributed by atoms with Crippen LogP contribution in [0, 0.1) is 6.92 Å². The number of nitrogens with one attached hydrogen (secondary N) is 1. The Morgan fingerprint density at radius 3 is 2.27 bits per heavy atom. The first kappa shape index (κ1) is 11.7. The van der Waals surface area contributed by atoms with E-state index in [9.17, 15) is 4.79 Å². The number of nitrogens with two attached hydrogens (primary N) is 1. The van der Waals surface area contributed by atoms with Crippen LogP contribution in [0.3, 0.4) is 0 Å². The van der Waals surface area contributed by atoms with Crippen molar-refractivity contribution < 1.29 is 4.79 Å². The van der Waals surface area contributed by atoms with Gasteiger partial charge in [-0.05, 0) is 26.3 Å². The predicted octanol–water partition coefficient (Wildman–Crippen LogP) is 1.52. The molecule has 0 aromatic heterocycles. The largest absolute Gasteiger partial charge is 0.348 e. The van der Waals surface area contributed by atoms with E-state index in [0.29, 0.717) is 0 Å². The minimum absolute atomic E-state index is 0.00380. The van der Waals surface area contributed by atoms with E-state index in [2.05, 4.69) is 5.32 Å². The maximum Gasteiger partial charge on any atom is 0.237 e. The second-order valence-corrected chi connectivity index (χ2v) is 3.93. The zero-order chi connectivity index (χ0) is 11.4. The van der Waals surface area contributed by atoms with Crippen LogP contribution in [-0.2, 0) is 4.79 Å². The highest BCUT2D eigenvalue weighted by Crippen LogP contribution is 2.12. The summed E-state index contributed by atoms with van der Waals surface area (Å²) in [6.45, 7) is 5.66. The zero-order valence-electron chi connectivity index (χ0n) is 9.45. The first-order chi connectivity index (χ1) is 7.00. The van der Waals surface area contributed by atoms with Crippen molar-refractivity contribution in [2.24, 2.45) is 5.73 Å². The Hall–Kier alpha value is -1.35. The van der Waals surface area contributed by atoms with Crippen LogP contribution in [0.25, 0.3) is 0 Å². The Labute approximate surface area is 90.7 Å². The van der Waals surface area contributed by atoms with Crippen molar-refractivity contribution in [2.75, 3.05) is 0 Å². The number of hydrogen-bond donors (Lipinski definition) is 2. The highest BCUT2D eigenvalue weighted by atomic mass is 16.2. The van der Waals surface area contributed by atoms with Crippen molar-refractivity contribution in [2.45, 2.75) is 32.9 Å². The molecule has 82 valence electrons. The van der Waals surface area contributed by atoms with E-state index >= 15 is 0 Å². The molecule has 0 unspecified atom stereocenters. The smallest absolute Gasteiger partial charge is 0.237 e. The van der Waals surface area contributed by atoms with Crippen LogP contribution >= 0.6 is 0 Å². The second-order valence-electron chi connectivity index (χ2n) is 3.93. The van der Waals surface area contributed by atoms with Crippen LogP contribution in [0.15, 0.2) is 24.3 Å². The first-order valence-corrected chi connectivity index (χ1v) is 5.13. The van der Waals surface area contributed by atoms with Gasteiger partial charge in [0, 0.05) is 0 Å². The molecule has 1 aromatic carbocycles. The minimum atomic E-state index is -0.460. The Morgan fingerprint density at radius 2 is 1.80 bits per heavy atom. The molecule has 0 saturated heterocycles. The monoisotopic (exact) mass is 206 g/mol. The average molecular weight is 206 g/mol. The molecule has 0 fully saturated rings. The van der Waals surface area contributed by atoms with Gasteiger partial charge in [0.25, 0.3) is 0 Å². The molecule has 0 aliphatic carbocycles. The fraction of sp³-hybridized carbons (Fsp3) is 0.417. The lowest BCUT2D eigenvalue weighted by molar-refractivity contribution is -0.122. The fourth-order valence-electron chi connectivity index (χ4n) is 1.28. The quantitative estimate of drug-likeness (QED) is 0.787. The van der Waals surface area contributed by atoms with Gasteiger partial charge in [-0.1, -0.05) is 29.8 Å². The van der Waals surface area contributed by atoms with Crippen LogP contribution in [0.4, 0.5) is 0 Å².